The average Bonchev–Trinajstić information content (AvgIpc) is 2.48. The molecule has 0 aromatic heterocycles. The number of non-ortho nitro benzene ring substituents is 1. The molecule has 1 rings (SSSR count). The molecule has 2 amide bonds. The van der Waals surface area contributed by atoms with Gasteiger partial charge in [-0.25, -0.2) is 0 Å². The highest BCUT2D eigenvalue weighted by Gasteiger charge is 2.20. The summed E-state index contributed by atoms with van der Waals surface area (Å²) in [7, 11) is 0. The van der Waals surface area contributed by atoms with E-state index in [4.69, 9.17) is 4.74 Å². The molecule has 1 atom stereocenters. The van der Waals surface area contributed by atoms with Crippen molar-refractivity contribution in [1.82, 2.24) is 10.6 Å². The zero-order chi connectivity index (χ0) is 17.4. The second-order valence-electron chi connectivity index (χ2n) is 4.70. The second kappa shape index (κ2) is 8.47. The van der Waals surface area contributed by atoms with Crippen LogP contribution in [0.3, 0.4) is 0 Å². The van der Waals surface area contributed by atoms with Gasteiger partial charge < -0.3 is 15.4 Å². The Kier molecular flexibility index (Phi) is 6.66. The number of esters is 1. The fraction of sp³-hybridized carbons (Fsp3) is 0.357. The standard InChI is InChI=1S/C14H17N3O6/c1-9(18)16-13(8-23-10(2)19)14(20)15-7-11-4-3-5-12(6-11)17(21)22/h3-6,13H,7-8H2,1-2H3,(H,15,20)(H,16,18)/t13-/m0/s1. The average molecular weight is 323 g/mol. The maximum atomic E-state index is 12.0. The number of amides is 2. The van der Waals surface area contributed by atoms with Gasteiger partial charge in [0.25, 0.3) is 5.69 Å². The molecule has 0 saturated carbocycles. The normalized spacial score (nSPS) is 11.2. The van der Waals surface area contributed by atoms with Crippen molar-refractivity contribution in [2.75, 3.05) is 6.61 Å². The molecule has 9 heteroatoms. The maximum absolute atomic E-state index is 12.0. The molecule has 0 aliphatic carbocycles. The van der Waals surface area contributed by atoms with Crippen molar-refractivity contribution < 1.29 is 24.0 Å². The van der Waals surface area contributed by atoms with Gasteiger partial charge in [0.2, 0.25) is 11.8 Å². The molecule has 2 N–H and O–H groups in total. The lowest BCUT2D eigenvalue weighted by molar-refractivity contribution is -0.384. The van der Waals surface area contributed by atoms with E-state index in [1.807, 2.05) is 0 Å². The molecule has 0 unspecified atom stereocenters. The third kappa shape index (κ3) is 6.55. The minimum Gasteiger partial charge on any atom is -0.463 e. The quantitative estimate of drug-likeness (QED) is 0.421. The number of hydrogen-bond acceptors (Lipinski definition) is 6. The minimum absolute atomic E-state index is 0.0384. The Morgan fingerprint density at radius 1 is 1.30 bits per heavy atom. The van der Waals surface area contributed by atoms with Crippen LogP contribution in [0.5, 0.6) is 0 Å². The van der Waals surface area contributed by atoms with Crippen molar-refractivity contribution in [2.24, 2.45) is 0 Å². The van der Waals surface area contributed by atoms with E-state index < -0.39 is 28.7 Å². The number of ether oxygens (including phenoxy) is 1. The Labute approximate surface area is 132 Å². The predicted molar refractivity (Wildman–Crippen MR) is 79.2 cm³/mol. The third-order valence-electron chi connectivity index (χ3n) is 2.74. The van der Waals surface area contributed by atoms with Gasteiger partial charge in [0, 0.05) is 32.5 Å². The first-order valence-electron chi connectivity index (χ1n) is 6.71. The number of rotatable bonds is 7. The van der Waals surface area contributed by atoms with Crippen LogP contribution in [0.2, 0.25) is 0 Å². The molecule has 0 heterocycles. The van der Waals surface area contributed by atoms with E-state index in [9.17, 15) is 24.5 Å². The number of nitro groups is 1. The Morgan fingerprint density at radius 3 is 2.57 bits per heavy atom. The summed E-state index contributed by atoms with van der Waals surface area (Å²) < 4.78 is 4.72. The van der Waals surface area contributed by atoms with Crippen molar-refractivity contribution in [1.29, 1.82) is 0 Å². The van der Waals surface area contributed by atoms with Crippen LogP contribution in [-0.2, 0) is 25.7 Å². The summed E-state index contributed by atoms with van der Waals surface area (Å²) in [5, 5.41) is 15.6. The maximum Gasteiger partial charge on any atom is 0.302 e. The van der Waals surface area contributed by atoms with Gasteiger partial charge in [0.1, 0.15) is 12.6 Å². The molecular weight excluding hydrogens is 306 g/mol. The van der Waals surface area contributed by atoms with Crippen LogP contribution in [0.15, 0.2) is 24.3 Å². The van der Waals surface area contributed by atoms with Crippen LogP contribution in [0.25, 0.3) is 0 Å². The first kappa shape index (κ1) is 18.1. The Bertz CT molecular complexity index is 616. The summed E-state index contributed by atoms with van der Waals surface area (Å²) in [6.07, 6.45) is 0. The topological polar surface area (TPSA) is 128 Å². The van der Waals surface area contributed by atoms with Crippen LogP contribution in [0, 0.1) is 10.1 Å². The second-order valence-corrected chi connectivity index (χ2v) is 4.70. The van der Waals surface area contributed by atoms with Crippen LogP contribution in [0.1, 0.15) is 19.4 Å². The first-order valence-corrected chi connectivity index (χ1v) is 6.71. The molecular formula is C14H17N3O6. The fourth-order valence-corrected chi connectivity index (χ4v) is 1.72. The monoisotopic (exact) mass is 323 g/mol. The summed E-state index contributed by atoms with van der Waals surface area (Å²) in [6, 6.07) is 4.76. The summed E-state index contributed by atoms with van der Waals surface area (Å²) in [5.41, 5.74) is 0.441. The van der Waals surface area contributed by atoms with E-state index in [2.05, 4.69) is 10.6 Å². The van der Waals surface area contributed by atoms with Gasteiger partial charge in [-0.05, 0) is 5.56 Å². The molecule has 23 heavy (non-hydrogen) atoms. The summed E-state index contributed by atoms with van der Waals surface area (Å²) >= 11 is 0. The minimum atomic E-state index is -1.03. The largest absolute Gasteiger partial charge is 0.463 e. The number of nitrogens with zero attached hydrogens (tertiary/aromatic N) is 1. The number of benzene rings is 1. The molecule has 0 spiro atoms. The van der Waals surface area contributed by atoms with Crippen molar-refractivity contribution in [2.45, 2.75) is 26.4 Å². The number of hydrogen-bond donors (Lipinski definition) is 2. The molecule has 1 aromatic rings. The Hall–Kier alpha value is -2.97. The number of carbonyl (C=O) groups excluding carboxylic acids is 3. The molecule has 0 bridgehead atoms. The Morgan fingerprint density at radius 2 is 2.00 bits per heavy atom. The van der Waals surface area contributed by atoms with Crippen molar-refractivity contribution in [3.05, 3.63) is 39.9 Å². The highest BCUT2D eigenvalue weighted by molar-refractivity contribution is 5.87. The number of nitrogens with one attached hydrogen (secondary N) is 2. The zero-order valence-electron chi connectivity index (χ0n) is 12.7. The van der Waals surface area contributed by atoms with Crippen LogP contribution >= 0.6 is 0 Å². The summed E-state index contributed by atoms with van der Waals surface area (Å²) in [5.74, 6) is -1.59. The van der Waals surface area contributed by atoms with E-state index in [1.165, 1.54) is 32.0 Å². The van der Waals surface area contributed by atoms with Gasteiger partial charge in [-0.2, -0.15) is 0 Å². The summed E-state index contributed by atoms with van der Waals surface area (Å²) in [6.45, 7) is 2.16. The van der Waals surface area contributed by atoms with E-state index in [-0.39, 0.29) is 18.8 Å². The van der Waals surface area contributed by atoms with Crippen LogP contribution < -0.4 is 10.6 Å². The van der Waals surface area contributed by atoms with Crippen molar-refractivity contribution in [3.8, 4) is 0 Å². The SMILES string of the molecule is CC(=O)N[C@@H](COC(C)=O)C(=O)NCc1cccc([N+](=O)[O-])c1. The van der Waals surface area contributed by atoms with Gasteiger partial charge in [0.05, 0.1) is 4.92 Å². The van der Waals surface area contributed by atoms with Crippen LogP contribution in [-0.4, -0.2) is 35.4 Å². The molecule has 0 radical (unpaired) electrons. The van der Waals surface area contributed by atoms with E-state index in [1.54, 1.807) is 6.07 Å². The highest BCUT2D eigenvalue weighted by Crippen LogP contribution is 2.12. The molecule has 0 fully saturated rings. The van der Waals surface area contributed by atoms with Gasteiger partial charge in [-0.3, -0.25) is 24.5 Å². The molecule has 124 valence electrons. The number of carbonyl (C=O) groups is 3. The molecule has 9 nitrogen and oxygen atoms in total. The van der Waals surface area contributed by atoms with Crippen molar-refractivity contribution >= 4 is 23.5 Å². The molecule has 0 aliphatic heterocycles. The molecule has 1 aromatic carbocycles. The third-order valence-corrected chi connectivity index (χ3v) is 2.74. The predicted octanol–water partition coefficient (Wildman–Crippen LogP) is 0.279. The fourth-order valence-electron chi connectivity index (χ4n) is 1.72. The lowest BCUT2D eigenvalue weighted by Crippen LogP contribution is -2.48. The van der Waals surface area contributed by atoms with E-state index >= 15 is 0 Å². The van der Waals surface area contributed by atoms with Crippen molar-refractivity contribution in [3.63, 3.8) is 0 Å². The zero-order valence-corrected chi connectivity index (χ0v) is 12.7. The lowest BCUT2D eigenvalue weighted by atomic mass is 10.2. The van der Waals surface area contributed by atoms with E-state index in [0.717, 1.165) is 0 Å². The molecule has 0 aliphatic rings. The Balaban J connectivity index is 2.66. The smallest absolute Gasteiger partial charge is 0.302 e. The van der Waals surface area contributed by atoms with E-state index in [0.29, 0.717) is 5.56 Å². The highest BCUT2D eigenvalue weighted by atomic mass is 16.6. The van der Waals surface area contributed by atoms with Gasteiger partial charge >= 0.3 is 5.97 Å². The number of nitro benzene ring substituents is 1. The summed E-state index contributed by atoms with van der Waals surface area (Å²) in [4.78, 5) is 44.1. The lowest BCUT2D eigenvalue weighted by Gasteiger charge is -2.17. The van der Waals surface area contributed by atoms with Gasteiger partial charge in [-0.15, -0.1) is 0 Å². The van der Waals surface area contributed by atoms with Crippen LogP contribution in [0.4, 0.5) is 5.69 Å². The van der Waals surface area contributed by atoms with Gasteiger partial charge in [0.15, 0.2) is 0 Å². The van der Waals surface area contributed by atoms with Gasteiger partial charge in [-0.1, -0.05) is 12.1 Å². The first-order chi connectivity index (χ1) is 10.8. The molecule has 0 saturated heterocycles.